The summed E-state index contributed by atoms with van der Waals surface area (Å²) in [5, 5.41) is 0.729. The molecule has 0 heterocycles. The monoisotopic (exact) mass is 247 g/mol. The standard InChI is InChI=1S/C14H14ClNO/c1-2-17-14-8-5-11(9-13(14)16)10-3-6-12(15)7-4-10/h3-9H,2,16H2,1H3. The van der Waals surface area contributed by atoms with Crippen LogP contribution in [-0.2, 0) is 0 Å². The van der Waals surface area contributed by atoms with Gasteiger partial charge in [-0.15, -0.1) is 0 Å². The Morgan fingerprint density at radius 3 is 2.29 bits per heavy atom. The van der Waals surface area contributed by atoms with Crippen molar-refractivity contribution in [2.45, 2.75) is 6.92 Å². The lowest BCUT2D eigenvalue weighted by Crippen LogP contribution is -1.96. The molecule has 2 aromatic rings. The third-order valence-corrected chi connectivity index (χ3v) is 2.74. The summed E-state index contributed by atoms with van der Waals surface area (Å²) in [6.45, 7) is 2.55. The zero-order valence-corrected chi connectivity index (χ0v) is 10.4. The number of hydrogen-bond donors (Lipinski definition) is 1. The van der Waals surface area contributed by atoms with E-state index in [1.54, 1.807) is 0 Å². The molecule has 0 saturated heterocycles. The highest BCUT2D eigenvalue weighted by Crippen LogP contribution is 2.29. The molecule has 0 aliphatic rings. The lowest BCUT2D eigenvalue weighted by atomic mass is 10.1. The fourth-order valence-corrected chi connectivity index (χ4v) is 1.78. The normalized spacial score (nSPS) is 10.2. The highest BCUT2D eigenvalue weighted by molar-refractivity contribution is 6.30. The number of ether oxygens (including phenoxy) is 1. The number of nitrogen functional groups attached to an aromatic ring is 1. The van der Waals surface area contributed by atoms with Gasteiger partial charge >= 0.3 is 0 Å². The van der Waals surface area contributed by atoms with Gasteiger partial charge in [0.1, 0.15) is 5.75 Å². The number of halogens is 1. The number of hydrogen-bond acceptors (Lipinski definition) is 2. The Hall–Kier alpha value is -1.67. The van der Waals surface area contributed by atoms with Crippen molar-refractivity contribution in [3.8, 4) is 16.9 Å². The lowest BCUT2D eigenvalue weighted by Gasteiger charge is -2.09. The summed E-state index contributed by atoms with van der Waals surface area (Å²) in [4.78, 5) is 0. The Labute approximate surface area is 106 Å². The van der Waals surface area contributed by atoms with Crippen molar-refractivity contribution in [3.63, 3.8) is 0 Å². The van der Waals surface area contributed by atoms with Crippen LogP contribution in [0.1, 0.15) is 6.92 Å². The van der Waals surface area contributed by atoms with E-state index in [1.807, 2.05) is 49.4 Å². The van der Waals surface area contributed by atoms with E-state index in [9.17, 15) is 0 Å². The third kappa shape index (κ3) is 2.71. The molecule has 17 heavy (non-hydrogen) atoms. The first-order valence-corrected chi connectivity index (χ1v) is 5.86. The molecular formula is C14H14ClNO. The molecule has 0 spiro atoms. The van der Waals surface area contributed by atoms with Gasteiger partial charge in [0, 0.05) is 5.02 Å². The van der Waals surface area contributed by atoms with E-state index in [1.165, 1.54) is 0 Å². The Morgan fingerprint density at radius 2 is 1.71 bits per heavy atom. The van der Waals surface area contributed by atoms with Gasteiger partial charge in [0.25, 0.3) is 0 Å². The highest BCUT2D eigenvalue weighted by Gasteiger charge is 2.03. The van der Waals surface area contributed by atoms with Gasteiger partial charge in [-0.2, -0.15) is 0 Å². The molecular weight excluding hydrogens is 234 g/mol. The predicted molar refractivity (Wildman–Crippen MR) is 72.5 cm³/mol. The van der Waals surface area contributed by atoms with Gasteiger partial charge in [0.05, 0.1) is 12.3 Å². The Morgan fingerprint density at radius 1 is 1.06 bits per heavy atom. The maximum atomic E-state index is 5.92. The topological polar surface area (TPSA) is 35.2 Å². The SMILES string of the molecule is CCOc1ccc(-c2ccc(Cl)cc2)cc1N. The van der Waals surface area contributed by atoms with Crippen LogP contribution in [0.3, 0.4) is 0 Å². The highest BCUT2D eigenvalue weighted by atomic mass is 35.5. The zero-order valence-electron chi connectivity index (χ0n) is 9.61. The fourth-order valence-electron chi connectivity index (χ4n) is 1.66. The Balaban J connectivity index is 2.34. The van der Waals surface area contributed by atoms with Gasteiger partial charge in [-0.3, -0.25) is 0 Å². The van der Waals surface area contributed by atoms with Crippen LogP contribution >= 0.6 is 11.6 Å². The number of nitrogens with two attached hydrogens (primary N) is 1. The van der Waals surface area contributed by atoms with Crippen LogP contribution in [-0.4, -0.2) is 6.61 Å². The second-order valence-electron chi connectivity index (χ2n) is 3.69. The van der Waals surface area contributed by atoms with E-state index in [2.05, 4.69) is 0 Å². The van der Waals surface area contributed by atoms with E-state index in [0.717, 1.165) is 21.9 Å². The van der Waals surface area contributed by atoms with Gasteiger partial charge in [-0.25, -0.2) is 0 Å². The van der Waals surface area contributed by atoms with Crippen molar-refractivity contribution in [1.82, 2.24) is 0 Å². The molecule has 88 valence electrons. The largest absolute Gasteiger partial charge is 0.492 e. The molecule has 2 nitrogen and oxygen atoms in total. The quantitative estimate of drug-likeness (QED) is 0.833. The second kappa shape index (κ2) is 5.11. The van der Waals surface area contributed by atoms with Crippen LogP contribution in [0.25, 0.3) is 11.1 Å². The van der Waals surface area contributed by atoms with Gasteiger partial charge in [-0.05, 0) is 42.3 Å². The van der Waals surface area contributed by atoms with E-state index in [4.69, 9.17) is 22.1 Å². The molecule has 0 aliphatic carbocycles. The molecule has 0 unspecified atom stereocenters. The molecule has 0 saturated carbocycles. The summed E-state index contributed by atoms with van der Waals surface area (Å²) >= 11 is 5.85. The van der Waals surface area contributed by atoms with Crippen LogP contribution in [0, 0.1) is 0 Å². The molecule has 3 heteroatoms. The first kappa shape index (κ1) is 11.8. The molecule has 0 amide bonds. The lowest BCUT2D eigenvalue weighted by molar-refractivity contribution is 0.342. The van der Waals surface area contributed by atoms with Crippen molar-refractivity contribution >= 4 is 17.3 Å². The second-order valence-corrected chi connectivity index (χ2v) is 4.13. The zero-order chi connectivity index (χ0) is 12.3. The van der Waals surface area contributed by atoms with E-state index >= 15 is 0 Å². The summed E-state index contributed by atoms with van der Waals surface area (Å²) < 4.78 is 5.40. The van der Waals surface area contributed by atoms with Crippen molar-refractivity contribution in [2.75, 3.05) is 12.3 Å². The summed E-state index contributed by atoms with van der Waals surface area (Å²) in [6.07, 6.45) is 0. The summed E-state index contributed by atoms with van der Waals surface area (Å²) in [5.74, 6) is 0.727. The van der Waals surface area contributed by atoms with E-state index in [-0.39, 0.29) is 0 Å². The first-order valence-electron chi connectivity index (χ1n) is 5.49. The number of rotatable bonds is 3. The molecule has 0 bridgehead atoms. The minimum absolute atomic E-state index is 0.616. The van der Waals surface area contributed by atoms with Gasteiger partial charge < -0.3 is 10.5 Å². The van der Waals surface area contributed by atoms with Crippen molar-refractivity contribution in [3.05, 3.63) is 47.5 Å². The van der Waals surface area contributed by atoms with Crippen LogP contribution in [0.5, 0.6) is 5.75 Å². The smallest absolute Gasteiger partial charge is 0.142 e. The maximum absolute atomic E-state index is 5.92. The Bertz CT molecular complexity index is 508. The average molecular weight is 248 g/mol. The van der Waals surface area contributed by atoms with Gasteiger partial charge in [0.15, 0.2) is 0 Å². The molecule has 0 atom stereocenters. The van der Waals surface area contributed by atoms with Crippen molar-refractivity contribution in [2.24, 2.45) is 0 Å². The van der Waals surface area contributed by atoms with Crippen LogP contribution in [0.15, 0.2) is 42.5 Å². The molecule has 2 aromatic carbocycles. The van der Waals surface area contributed by atoms with Crippen molar-refractivity contribution < 1.29 is 4.74 Å². The van der Waals surface area contributed by atoms with Gasteiger partial charge in [0.2, 0.25) is 0 Å². The van der Waals surface area contributed by atoms with E-state index < -0.39 is 0 Å². The summed E-state index contributed by atoms with van der Waals surface area (Å²) in [7, 11) is 0. The predicted octanol–water partition coefficient (Wildman–Crippen LogP) is 3.99. The fraction of sp³-hybridized carbons (Fsp3) is 0.143. The molecule has 0 aliphatic heterocycles. The first-order chi connectivity index (χ1) is 8.20. The molecule has 0 fully saturated rings. The number of benzene rings is 2. The summed E-state index contributed by atoms with van der Waals surface area (Å²) in [6, 6.07) is 13.5. The maximum Gasteiger partial charge on any atom is 0.142 e. The minimum Gasteiger partial charge on any atom is -0.492 e. The van der Waals surface area contributed by atoms with Crippen LogP contribution < -0.4 is 10.5 Å². The molecule has 2 rings (SSSR count). The van der Waals surface area contributed by atoms with E-state index in [0.29, 0.717) is 12.3 Å². The van der Waals surface area contributed by atoms with Gasteiger partial charge in [-0.1, -0.05) is 29.8 Å². The summed E-state index contributed by atoms with van der Waals surface area (Å²) in [5.41, 5.74) is 8.72. The third-order valence-electron chi connectivity index (χ3n) is 2.49. The average Bonchev–Trinajstić information content (AvgIpc) is 2.33. The molecule has 0 aromatic heterocycles. The Kier molecular flexibility index (Phi) is 3.55. The minimum atomic E-state index is 0.616. The molecule has 0 radical (unpaired) electrons. The molecule has 2 N–H and O–H groups in total. The van der Waals surface area contributed by atoms with Crippen molar-refractivity contribution in [1.29, 1.82) is 0 Å². The van der Waals surface area contributed by atoms with Crippen LogP contribution in [0.2, 0.25) is 5.02 Å². The van der Waals surface area contributed by atoms with Crippen LogP contribution in [0.4, 0.5) is 5.69 Å². The number of anilines is 1.